The van der Waals surface area contributed by atoms with Crippen LogP contribution in [0.1, 0.15) is 16.7 Å². The van der Waals surface area contributed by atoms with Crippen LogP contribution in [0.15, 0.2) is 32.3 Å². The summed E-state index contributed by atoms with van der Waals surface area (Å²) in [6.07, 6.45) is 0.859. The molecule has 0 fully saturated rings. The van der Waals surface area contributed by atoms with Crippen molar-refractivity contribution in [2.75, 3.05) is 0 Å². The monoisotopic (exact) mass is 365 g/mol. The van der Waals surface area contributed by atoms with Crippen molar-refractivity contribution in [3.05, 3.63) is 37.8 Å². The van der Waals surface area contributed by atoms with Gasteiger partial charge >= 0.3 is 0 Å². The van der Waals surface area contributed by atoms with Crippen molar-refractivity contribution < 1.29 is 8.42 Å². The lowest BCUT2D eigenvalue weighted by Crippen LogP contribution is -2.21. The molecule has 0 unspecified atom stereocenters. The summed E-state index contributed by atoms with van der Waals surface area (Å²) < 4.78 is 28.0. The Labute approximate surface area is 123 Å². The maximum Gasteiger partial charge on any atom is 0.250 e. The van der Waals surface area contributed by atoms with Gasteiger partial charge in [0.25, 0.3) is 0 Å². The van der Waals surface area contributed by atoms with Gasteiger partial charge in [-0.2, -0.15) is 0 Å². The van der Waals surface area contributed by atoms with E-state index in [1.807, 2.05) is 24.4 Å². The van der Waals surface area contributed by atoms with Crippen LogP contribution in [0.4, 0.5) is 0 Å². The quantitative estimate of drug-likeness (QED) is 0.879. The Morgan fingerprint density at radius 1 is 1.33 bits per heavy atom. The number of hydrogen-bond donors (Lipinski definition) is 1. The molecule has 0 aliphatic heterocycles. The third-order valence-corrected chi connectivity index (χ3v) is 7.13. The van der Waals surface area contributed by atoms with Crippen molar-refractivity contribution in [3.8, 4) is 0 Å². The molecule has 0 aliphatic carbocycles. The predicted octanol–water partition coefficient (Wildman–Crippen LogP) is 3.61. The number of thiophene rings is 2. The average Bonchev–Trinajstić information content (AvgIpc) is 2.95. The minimum atomic E-state index is -3.38. The van der Waals surface area contributed by atoms with Crippen molar-refractivity contribution in [2.24, 2.45) is 0 Å². The van der Waals surface area contributed by atoms with Gasteiger partial charge in [0, 0.05) is 26.2 Å². The number of nitrogens with one attached hydrogen (secondary N) is 1. The van der Waals surface area contributed by atoms with Gasteiger partial charge in [-0.05, 0) is 40.5 Å². The molecular formula is C11H12BrNO2S3. The Hall–Kier alpha value is -0.210. The molecule has 1 N–H and O–H groups in total. The fraction of sp³-hybridized carbons (Fsp3) is 0.273. The largest absolute Gasteiger partial charge is 0.250 e. The Morgan fingerprint density at radius 3 is 2.67 bits per heavy atom. The van der Waals surface area contributed by atoms with Crippen molar-refractivity contribution in [1.29, 1.82) is 0 Å². The first-order valence-electron chi connectivity index (χ1n) is 5.32. The van der Waals surface area contributed by atoms with E-state index in [-0.39, 0.29) is 0 Å². The van der Waals surface area contributed by atoms with Crippen LogP contribution in [0, 0.1) is 0 Å². The van der Waals surface area contributed by atoms with Crippen LogP contribution in [-0.4, -0.2) is 8.42 Å². The van der Waals surface area contributed by atoms with Gasteiger partial charge in [-0.25, -0.2) is 13.1 Å². The normalized spacial score (nSPS) is 11.9. The smallest absolute Gasteiger partial charge is 0.206 e. The maximum atomic E-state index is 12.0. The molecule has 2 aromatic heterocycles. The van der Waals surface area contributed by atoms with E-state index in [0.29, 0.717) is 10.8 Å². The summed E-state index contributed by atoms with van der Waals surface area (Å²) in [6.45, 7) is 2.34. The van der Waals surface area contributed by atoms with E-state index in [2.05, 4.69) is 20.7 Å². The van der Waals surface area contributed by atoms with Crippen LogP contribution >= 0.6 is 38.6 Å². The fourth-order valence-corrected chi connectivity index (χ4v) is 5.21. The van der Waals surface area contributed by atoms with E-state index in [0.717, 1.165) is 20.6 Å². The Bertz CT molecular complexity index is 630. The summed E-state index contributed by atoms with van der Waals surface area (Å²) in [5, 5.41) is 1.93. The Kier molecular flexibility index (Phi) is 4.60. The fourth-order valence-electron chi connectivity index (χ4n) is 1.38. The lowest BCUT2D eigenvalue weighted by molar-refractivity contribution is 0.584. The van der Waals surface area contributed by atoms with Gasteiger partial charge in [0.05, 0.1) is 0 Å². The maximum absolute atomic E-state index is 12.0. The second-order valence-electron chi connectivity index (χ2n) is 3.63. The van der Waals surface area contributed by atoms with Gasteiger partial charge in [0.15, 0.2) is 0 Å². The van der Waals surface area contributed by atoms with E-state index in [1.54, 1.807) is 6.07 Å². The van der Waals surface area contributed by atoms with E-state index < -0.39 is 10.0 Å². The molecule has 0 amide bonds. The van der Waals surface area contributed by atoms with Crippen molar-refractivity contribution in [2.45, 2.75) is 24.1 Å². The molecule has 0 aliphatic rings. The van der Waals surface area contributed by atoms with Crippen LogP contribution in [-0.2, 0) is 23.0 Å². The molecule has 2 rings (SSSR count). The molecule has 0 saturated carbocycles. The van der Waals surface area contributed by atoms with Crippen LogP contribution in [0.25, 0.3) is 0 Å². The summed E-state index contributed by atoms with van der Waals surface area (Å²) in [7, 11) is -3.38. The summed E-state index contributed by atoms with van der Waals surface area (Å²) in [4.78, 5) is 2.06. The van der Waals surface area contributed by atoms with Crippen molar-refractivity contribution in [3.63, 3.8) is 0 Å². The zero-order valence-electron chi connectivity index (χ0n) is 9.64. The lowest BCUT2D eigenvalue weighted by Gasteiger charge is -2.02. The van der Waals surface area contributed by atoms with Gasteiger partial charge in [-0.1, -0.05) is 6.92 Å². The SMILES string of the molecule is CCc1ccc(S(=O)(=O)NCc2cc(Br)cs2)s1. The van der Waals surface area contributed by atoms with Gasteiger partial charge in [-0.3, -0.25) is 0 Å². The number of hydrogen-bond acceptors (Lipinski definition) is 4. The average molecular weight is 366 g/mol. The standard InChI is InChI=1S/C11H12BrNO2S3/c1-2-9-3-4-11(17-9)18(14,15)13-6-10-5-8(12)7-16-10/h3-5,7,13H,2,6H2,1H3. The lowest BCUT2D eigenvalue weighted by atomic mass is 10.4. The second-order valence-corrected chi connectivity index (χ2v) is 8.70. The molecule has 0 aromatic carbocycles. The van der Waals surface area contributed by atoms with Gasteiger partial charge < -0.3 is 0 Å². The number of aryl methyl sites for hydroxylation is 1. The van der Waals surface area contributed by atoms with E-state index >= 15 is 0 Å². The van der Waals surface area contributed by atoms with Crippen LogP contribution < -0.4 is 4.72 Å². The van der Waals surface area contributed by atoms with Crippen LogP contribution in [0.3, 0.4) is 0 Å². The second kappa shape index (κ2) is 5.83. The molecule has 0 saturated heterocycles. The molecule has 0 spiro atoms. The molecule has 18 heavy (non-hydrogen) atoms. The number of sulfonamides is 1. The molecule has 0 atom stereocenters. The first-order chi connectivity index (χ1) is 8.51. The van der Waals surface area contributed by atoms with Gasteiger partial charge in [0.2, 0.25) is 10.0 Å². The number of rotatable bonds is 5. The van der Waals surface area contributed by atoms with E-state index in [1.165, 1.54) is 22.7 Å². The third kappa shape index (κ3) is 3.42. The predicted molar refractivity (Wildman–Crippen MR) is 79.7 cm³/mol. The molecule has 2 aromatic rings. The number of halogens is 1. The first-order valence-corrected chi connectivity index (χ1v) is 9.30. The van der Waals surface area contributed by atoms with Crippen LogP contribution in [0.2, 0.25) is 0 Å². The molecule has 0 radical (unpaired) electrons. The summed E-state index contributed by atoms with van der Waals surface area (Å²) >= 11 is 6.19. The Balaban J connectivity index is 2.07. The summed E-state index contributed by atoms with van der Waals surface area (Å²) in [6, 6.07) is 5.44. The molecule has 98 valence electrons. The van der Waals surface area contributed by atoms with Gasteiger partial charge in [0.1, 0.15) is 4.21 Å². The van der Waals surface area contributed by atoms with Gasteiger partial charge in [-0.15, -0.1) is 22.7 Å². The minimum Gasteiger partial charge on any atom is -0.206 e. The van der Waals surface area contributed by atoms with E-state index in [4.69, 9.17) is 0 Å². The first kappa shape index (κ1) is 14.2. The molecule has 0 bridgehead atoms. The van der Waals surface area contributed by atoms with E-state index in [9.17, 15) is 8.42 Å². The van der Waals surface area contributed by atoms with Crippen molar-refractivity contribution >= 4 is 48.6 Å². The highest BCUT2D eigenvalue weighted by Crippen LogP contribution is 2.23. The zero-order valence-corrected chi connectivity index (χ0v) is 13.7. The van der Waals surface area contributed by atoms with Crippen molar-refractivity contribution in [1.82, 2.24) is 4.72 Å². The minimum absolute atomic E-state index is 0.331. The molecule has 2 heterocycles. The summed E-state index contributed by atoms with van der Waals surface area (Å²) in [5.41, 5.74) is 0. The van der Waals surface area contributed by atoms with Crippen LogP contribution in [0.5, 0.6) is 0 Å². The highest BCUT2D eigenvalue weighted by atomic mass is 79.9. The highest BCUT2D eigenvalue weighted by molar-refractivity contribution is 9.10. The molecular weight excluding hydrogens is 354 g/mol. The third-order valence-electron chi connectivity index (χ3n) is 2.31. The molecule has 7 heteroatoms. The summed E-state index contributed by atoms with van der Waals surface area (Å²) in [5.74, 6) is 0. The Morgan fingerprint density at radius 2 is 2.11 bits per heavy atom. The topological polar surface area (TPSA) is 46.2 Å². The molecule has 3 nitrogen and oxygen atoms in total. The highest BCUT2D eigenvalue weighted by Gasteiger charge is 2.16. The zero-order chi connectivity index (χ0) is 13.2.